The molecule has 1 N–H and O–H groups in total. The second-order valence-corrected chi connectivity index (χ2v) is 8.75. The van der Waals surface area contributed by atoms with E-state index in [-0.39, 0.29) is 11.3 Å². The van der Waals surface area contributed by atoms with Gasteiger partial charge in [-0.05, 0) is 44.0 Å². The van der Waals surface area contributed by atoms with E-state index in [9.17, 15) is 4.79 Å². The Morgan fingerprint density at radius 3 is 2.66 bits per heavy atom. The fourth-order valence-electron chi connectivity index (χ4n) is 4.05. The third-order valence-corrected chi connectivity index (χ3v) is 5.75. The highest BCUT2D eigenvalue weighted by molar-refractivity contribution is 5.95. The molecule has 1 atom stereocenters. The SMILES string of the molecule is Cc1cc(N(C)C)nc([C@@]2(C)CCCN(C(=O)c3cccc(Nc4ncccn4)c3)C2)n1. The number of nitrogens with zero attached hydrogens (tertiary/aromatic N) is 6. The summed E-state index contributed by atoms with van der Waals surface area (Å²) in [7, 11) is 3.96. The van der Waals surface area contributed by atoms with Crippen molar-refractivity contribution in [3.63, 3.8) is 0 Å². The zero-order chi connectivity index (χ0) is 22.7. The van der Waals surface area contributed by atoms with Gasteiger partial charge in [0.05, 0.1) is 0 Å². The van der Waals surface area contributed by atoms with Gasteiger partial charge in [0, 0.05) is 68.0 Å². The fraction of sp³-hybridized carbons (Fsp3) is 0.375. The lowest BCUT2D eigenvalue weighted by Gasteiger charge is -2.39. The van der Waals surface area contributed by atoms with E-state index in [4.69, 9.17) is 9.97 Å². The van der Waals surface area contributed by atoms with Gasteiger partial charge in [0.2, 0.25) is 5.95 Å². The molecule has 1 aliphatic heterocycles. The molecule has 0 radical (unpaired) electrons. The number of hydrogen-bond acceptors (Lipinski definition) is 7. The van der Waals surface area contributed by atoms with Crippen molar-refractivity contribution in [1.29, 1.82) is 0 Å². The molecular formula is C24H29N7O. The van der Waals surface area contributed by atoms with E-state index in [1.54, 1.807) is 18.5 Å². The standard InChI is InChI=1S/C24H29N7O/c1-17-14-20(30(3)4)29-22(27-17)24(2)10-6-13-31(16-24)21(32)18-8-5-9-19(15-18)28-23-25-11-7-12-26-23/h5,7-9,11-12,14-15H,6,10,13,16H2,1-4H3,(H,25,26,28)/t24-/m0/s1. The number of amides is 1. The van der Waals surface area contributed by atoms with Gasteiger partial charge in [-0.2, -0.15) is 0 Å². The Hall–Kier alpha value is -3.55. The number of carbonyl (C=O) groups excluding carboxylic acids is 1. The van der Waals surface area contributed by atoms with Gasteiger partial charge >= 0.3 is 0 Å². The van der Waals surface area contributed by atoms with Crippen LogP contribution in [0.1, 0.15) is 41.6 Å². The van der Waals surface area contributed by atoms with Crippen LogP contribution >= 0.6 is 0 Å². The maximum atomic E-state index is 13.4. The van der Waals surface area contributed by atoms with Crippen LogP contribution in [0, 0.1) is 6.92 Å². The zero-order valence-corrected chi connectivity index (χ0v) is 19.0. The third kappa shape index (κ3) is 4.69. The Morgan fingerprint density at radius 1 is 1.12 bits per heavy atom. The van der Waals surface area contributed by atoms with Gasteiger partial charge in [-0.3, -0.25) is 4.79 Å². The number of anilines is 3. The molecule has 0 saturated carbocycles. The van der Waals surface area contributed by atoms with Gasteiger partial charge in [-0.15, -0.1) is 0 Å². The van der Waals surface area contributed by atoms with Crippen LogP contribution in [-0.2, 0) is 5.41 Å². The molecule has 32 heavy (non-hydrogen) atoms. The van der Waals surface area contributed by atoms with Crippen molar-refractivity contribution in [2.45, 2.75) is 32.1 Å². The lowest BCUT2D eigenvalue weighted by Crippen LogP contribution is -2.48. The predicted octanol–water partition coefficient (Wildman–Crippen LogP) is 3.58. The minimum absolute atomic E-state index is 0.00837. The molecule has 4 rings (SSSR count). The van der Waals surface area contributed by atoms with E-state index < -0.39 is 0 Å². The Kier molecular flexibility index (Phi) is 6.03. The van der Waals surface area contributed by atoms with Crippen LogP contribution in [0.2, 0.25) is 0 Å². The Balaban J connectivity index is 1.55. The molecule has 0 aliphatic carbocycles. The molecule has 3 aromatic rings. The predicted molar refractivity (Wildman–Crippen MR) is 125 cm³/mol. The van der Waals surface area contributed by atoms with Gasteiger partial charge in [0.25, 0.3) is 5.91 Å². The first-order chi connectivity index (χ1) is 15.3. The molecule has 0 unspecified atom stereocenters. The number of rotatable bonds is 5. The van der Waals surface area contributed by atoms with Crippen molar-refractivity contribution in [3.8, 4) is 0 Å². The molecule has 8 heteroatoms. The van der Waals surface area contributed by atoms with E-state index in [0.29, 0.717) is 18.1 Å². The van der Waals surface area contributed by atoms with Gasteiger partial charge in [0.1, 0.15) is 11.6 Å². The number of likely N-dealkylation sites (tertiary alicyclic amines) is 1. The third-order valence-electron chi connectivity index (χ3n) is 5.75. The summed E-state index contributed by atoms with van der Waals surface area (Å²) >= 11 is 0. The summed E-state index contributed by atoms with van der Waals surface area (Å²) in [5.74, 6) is 2.19. The van der Waals surface area contributed by atoms with Crippen LogP contribution in [0.4, 0.5) is 17.5 Å². The number of benzene rings is 1. The highest BCUT2D eigenvalue weighted by Gasteiger charge is 2.37. The van der Waals surface area contributed by atoms with Crippen molar-refractivity contribution in [1.82, 2.24) is 24.8 Å². The first-order valence-corrected chi connectivity index (χ1v) is 10.8. The number of piperidine rings is 1. The minimum Gasteiger partial charge on any atom is -0.363 e. The summed E-state index contributed by atoms with van der Waals surface area (Å²) in [6.07, 6.45) is 5.20. The Labute approximate surface area is 188 Å². The van der Waals surface area contributed by atoms with Crippen molar-refractivity contribution >= 4 is 23.4 Å². The monoisotopic (exact) mass is 431 g/mol. The minimum atomic E-state index is -0.293. The molecule has 1 aliphatic rings. The molecule has 1 saturated heterocycles. The van der Waals surface area contributed by atoms with Gasteiger partial charge in [-0.25, -0.2) is 19.9 Å². The molecule has 166 valence electrons. The lowest BCUT2D eigenvalue weighted by atomic mass is 9.80. The topological polar surface area (TPSA) is 87.1 Å². The van der Waals surface area contributed by atoms with Crippen LogP contribution in [0.25, 0.3) is 0 Å². The van der Waals surface area contributed by atoms with Crippen LogP contribution in [-0.4, -0.2) is 57.9 Å². The number of aryl methyl sites for hydroxylation is 1. The van der Waals surface area contributed by atoms with Crippen molar-refractivity contribution < 1.29 is 4.79 Å². The largest absolute Gasteiger partial charge is 0.363 e. The average molecular weight is 432 g/mol. The molecule has 2 aromatic heterocycles. The molecular weight excluding hydrogens is 402 g/mol. The Bertz CT molecular complexity index is 1100. The number of aromatic nitrogens is 4. The van der Waals surface area contributed by atoms with Crippen molar-refractivity contribution in [3.05, 3.63) is 65.9 Å². The van der Waals surface area contributed by atoms with E-state index in [1.165, 1.54) is 0 Å². The summed E-state index contributed by atoms with van der Waals surface area (Å²) in [6, 6.07) is 11.2. The van der Waals surface area contributed by atoms with Gasteiger partial charge < -0.3 is 15.1 Å². The maximum absolute atomic E-state index is 13.4. The summed E-state index contributed by atoms with van der Waals surface area (Å²) in [5.41, 5.74) is 2.05. The number of hydrogen-bond donors (Lipinski definition) is 1. The highest BCUT2D eigenvalue weighted by atomic mass is 16.2. The summed E-state index contributed by atoms with van der Waals surface area (Å²) < 4.78 is 0. The summed E-state index contributed by atoms with van der Waals surface area (Å²) in [6.45, 7) is 5.45. The highest BCUT2D eigenvalue weighted by Crippen LogP contribution is 2.33. The molecule has 1 aromatic carbocycles. The van der Waals surface area contributed by atoms with Crippen molar-refractivity contribution in [2.24, 2.45) is 0 Å². The van der Waals surface area contributed by atoms with Crippen LogP contribution in [0.15, 0.2) is 48.8 Å². The number of nitrogens with one attached hydrogen (secondary N) is 1. The second kappa shape index (κ2) is 8.90. The van der Waals surface area contributed by atoms with Crippen LogP contribution in [0.3, 0.4) is 0 Å². The fourth-order valence-corrected chi connectivity index (χ4v) is 4.05. The normalized spacial score (nSPS) is 18.3. The summed E-state index contributed by atoms with van der Waals surface area (Å²) in [5, 5.41) is 3.15. The van der Waals surface area contributed by atoms with Crippen LogP contribution in [0.5, 0.6) is 0 Å². The zero-order valence-electron chi connectivity index (χ0n) is 19.0. The first-order valence-electron chi connectivity index (χ1n) is 10.8. The smallest absolute Gasteiger partial charge is 0.253 e. The van der Waals surface area contributed by atoms with Gasteiger partial charge in [0.15, 0.2) is 0 Å². The van der Waals surface area contributed by atoms with Crippen LogP contribution < -0.4 is 10.2 Å². The van der Waals surface area contributed by atoms with E-state index >= 15 is 0 Å². The first kappa shape index (κ1) is 21.7. The summed E-state index contributed by atoms with van der Waals surface area (Å²) in [4.78, 5) is 35.2. The van der Waals surface area contributed by atoms with Crippen molar-refractivity contribution in [2.75, 3.05) is 37.4 Å². The van der Waals surface area contributed by atoms with E-state index in [0.717, 1.165) is 42.4 Å². The second-order valence-electron chi connectivity index (χ2n) is 8.75. The molecule has 1 amide bonds. The Morgan fingerprint density at radius 2 is 1.91 bits per heavy atom. The molecule has 0 spiro atoms. The van der Waals surface area contributed by atoms with Gasteiger partial charge in [-0.1, -0.05) is 13.0 Å². The van der Waals surface area contributed by atoms with E-state index in [2.05, 4.69) is 22.2 Å². The number of carbonyl (C=O) groups is 1. The lowest BCUT2D eigenvalue weighted by molar-refractivity contribution is 0.0644. The maximum Gasteiger partial charge on any atom is 0.253 e. The molecule has 8 nitrogen and oxygen atoms in total. The quantitative estimate of drug-likeness (QED) is 0.661. The molecule has 3 heterocycles. The average Bonchev–Trinajstić information content (AvgIpc) is 2.79. The van der Waals surface area contributed by atoms with E-state index in [1.807, 2.05) is 61.2 Å². The molecule has 0 bridgehead atoms. The molecule has 1 fully saturated rings.